The van der Waals surface area contributed by atoms with Crippen LogP contribution in [0.3, 0.4) is 0 Å². The first-order valence-corrected chi connectivity index (χ1v) is 6.15. The van der Waals surface area contributed by atoms with Crippen LogP contribution in [0.15, 0.2) is 28.8 Å². The van der Waals surface area contributed by atoms with Gasteiger partial charge in [-0.15, -0.1) is 0 Å². The second-order valence-corrected chi connectivity index (χ2v) is 5.51. The molecule has 2 N–H and O–H groups in total. The smallest absolute Gasteiger partial charge is 0.228 e. The lowest BCUT2D eigenvalue weighted by molar-refractivity contribution is 0.345. The fraction of sp³-hybridized carbons (Fsp3) is 0.385. The van der Waals surface area contributed by atoms with Gasteiger partial charge >= 0.3 is 0 Å². The molecule has 0 aliphatic carbocycles. The van der Waals surface area contributed by atoms with E-state index in [1.807, 2.05) is 38.1 Å². The van der Waals surface area contributed by atoms with Gasteiger partial charge in [-0.2, -0.15) is 4.98 Å². The average Bonchev–Trinajstić information content (AvgIpc) is 2.62. The first-order chi connectivity index (χ1) is 8.42. The predicted octanol–water partition coefficient (Wildman–Crippen LogP) is 2.59. The second kappa shape index (κ2) is 5.08. The molecule has 0 radical (unpaired) electrons. The first-order valence-electron chi connectivity index (χ1n) is 5.77. The molecule has 18 heavy (non-hydrogen) atoms. The standard InChI is InChI=1S/C13H16ClN3O/c1-13(2,15)8-12-16-11(17-18-12)7-9-4-3-5-10(14)6-9/h3-6H,7-8,15H2,1-2H3. The van der Waals surface area contributed by atoms with Crippen molar-refractivity contribution in [1.29, 1.82) is 0 Å². The van der Waals surface area contributed by atoms with E-state index in [-0.39, 0.29) is 5.54 Å². The molecule has 0 bridgehead atoms. The molecule has 0 spiro atoms. The predicted molar refractivity (Wildman–Crippen MR) is 70.5 cm³/mol. The molecule has 96 valence electrons. The highest BCUT2D eigenvalue weighted by atomic mass is 35.5. The van der Waals surface area contributed by atoms with Gasteiger partial charge in [0.15, 0.2) is 5.82 Å². The van der Waals surface area contributed by atoms with E-state index in [2.05, 4.69) is 10.1 Å². The minimum Gasteiger partial charge on any atom is -0.339 e. The van der Waals surface area contributed by atoms with Crippen LogP contribution < -0.4 is 5.73 Å². The van der Waals surface area contributed by atoms with E-state index in [9.17, 15) is 0 Å². The van der Waals surface area contributed by atoms with Crippen molar-refractivity contribution in [3.63, 3.8) is 0 Å². The summed E-state index contributed by atoms with van der Waals surface area (Å²) in [5, 5.41) is 4.65. The molecule has 4 nitrogen and oxygen atoms in total. The first kappa shape index (κ1) is 13.1. The van der Waals surface area contributed by atoms with Gasteiger partial charge in [-0.05, 0) is 31.5 Å². The van der Waals surface area contributed by atoms with Crippen LogP contribution in [0.4, 0.5) is 0 Å². The van der Waals surface area contributed by atoms with Crippen molar-refractivity contribution in [3.05, 3.63) is 46.6 Å². The van der Waals surface area contributed by atoms with Gasteiger partial charge in [-0.1, -0.05) is 28.9 Å². The summed E-state index contributed by atoms with van der Waals surface area (Å²) >= 11 is 5.92. The second-order valence-electron chi connectivity index (χ2n) is 5.08. The molecule has 0 aliphatic heterocycles. The Kier molecular flexibility index (Phi) is 3.68. The third kappa shape index (κ3) is 3.82. The minimum atomic E-state index is -0.347. The molecule has 0 saturated heterocycles. The van der Waals surface area contributed by atoms with E-state index < -0.39 is 0 Å². The number of hydrogen-bond donors (Lipinski definition) is 1. The van der Waals surface area contributed by atoms with Gasteiger partial charge in [0.2, 0.25) is 5.89 Å². The lowest BCUT2D eigenvalue weighted by Gasteiger charge is -2.14. The van der Waals surface area contributed by atoms with E-state index in [0.29, 0.717) is 29.6 Å². The van der Waals surface area contributed by atoms with Crippen molar-refractivity contribution in [3.8, 4) is 0 Å². The Morgan fingerprint density at radius 2 is 2.17 bits per heavy atom. The van der Waals surface area contributed by atoms with E-state index in [1.165, 1.54) is 0 Å². The zero-order valence-corrected chi connectivity index (χ0v) is 11.2. The summed E-state index contributed by atoms with van der Waals surface area (Å²) in [5.74, 6) is 1.22. The molecule has 0 atom stereocenters. The van der Waals surface area contributed by atoms with Crippen molar-refractivity contribution >= 4 is 11.6 Å². The topological polar surface area (TPSA) is 64.9 Å². The fourth-order valence-electron chi connectivity index (χ4n) is 1.65. The van der Waals surface area contributed by atoms with Gasteiger partial charge in [0.25, 0.3) is 0 Å². The zero-order chi connectivity index (χ0) is 13.2. The molecular weight excluding hydrogens is 250 g/mol. The Balaban J connectivity index is 2.07. The number of benzene rings is 1. The van der Waals surface area contributed by atoms with E-state index in [1.54, 1.807) is 0 Å². The molecule has 0 fully saturated rings. The monoisotopic (exact) mass is 265 g/mol. The third-order valence-corrected chi connectivity index (χ3v) is 2.60. The summed E-state index contributed by atoms with van der Waals surface area (Å²) in [5.41, 5.74) is 6.61. The number of aromatic nitrogens is 2. The van der Waals surface area contributed by atoms with Crippen LogP contribution in [0.25, 0.3) is 0 Å². The maximum absolute atomic E-state index is 5.92. The van der Waals surface area contributed by atoms with Gasteiger partial charge in [-0.3, -0.25) is 0 Å². The minimum absolute atomic E-state index is 0.347. The lowest BCUT2D eigenvalue weighted by atomic mass is 10.0. The van der Waals surface area contributed by atoms with E-state index in [0.717, 1.165) is 5.56 Å². The summed E-state index contributed by atoms with van der Waals surface area (Å²) in [6.07, 6.45) is 1.17. The molecule has 0 amide bonds. The molecule has 2 aromatic rings. The van der Waals surface area contributed by atoms with Crippen molar-refractivity contribution in [2.75, 3.05) is 0 Å². The number of halogens is 1. The van der Waals surface area contributed by atoms with Crippen molar-refractivity contribution in [1.82, 2.24) is 10.1 Å². The highest BCUT2D eigenvalue weighted by molar-refractivity contribution is 6.30. The summed E-state index contributed by atoms with van der Waals surface area (Å²) in [7, 11) is 0. The lowest BCUT2D eigenvalue weighted by Crippen LogP contribution is -2.34. The van der Waals surface area contributed by atoms with Gasteiger partial charge in [0.1, 0.15) is 0 Å². The van der Waals surface area contributed by atoms with Crippen LogP contribution in [0.5, 0.6) is 0 Å². The molecule has 1 aromatic carbocycles. The molecule has 0 saturated carbocycles. The van der Waals surface area contributed by atoms with Gasteiger partial charge in [-0.25, -0.2) is 0 Å². The maximum Gasteiger partial charge on any atom is 0.228 e. The van der Waals surface area contributed by atoms with Crippen LogP contribution in [0.2, 0.25) is 5.02 Å². The Labute approximate surface area is 111 Å². The number of nitrogens with zero attached hydrogens (tertiary/aromatic N) is 2. The van der Waals surface area contributed by atoms with Crippen LogP contribution in [-0.4, -0.2) is 15.7 Å². The summed E-state index contributed by atoms with van der Waals surface area (Å²) in [6.45, 7) is 3.85. The van der Waals surface area contributed by atoms with Crippen molar-refractivity contribution < 1.29 is 4.52 Å². The third-order valence-electron chi connectivity index (χ3n) is 2.37. The highest BCUT2D eigenvalue weighted by Gasteiger charge is 2.17. The normalized spacial score (nSPS) is 11.8. The van der Waals surface area contributed by atoms with E-state index in [4.69, 9.17) is 21.9 Å². The molecule has 1 aromatic heterocycles. The van der Waals surface area contributed by atoms with Gasteiger partial charge < -0.3 is 10.3 Å². The molecule has 0 aliphatic rings. The largest absolute Gasteiger partial charge is 0.339 e. The Bertz CT molecular complexity index is 531. The zero-order valence-electron chi connectivity index (χ0n) is 10.5. The Hall–Kier alpha value is -1.39. The molecular formula is C13H16ClN3O. The number of nitrogens with two attached hydrogens (primary N) is 1. The fourth-order valence-corrected chi connectivity index (χ4v) is 1.87. The van der Waals surface area contributed by atoms with Gasteiger partial charge in [0.05, 0.1) is 0 Å². The van der Waals surface area contributed by atoms with Crippen LogP contribution in [0, 0.1) is 0 Å². The number of hydrogen-bond acceptors (Lipinski definition) is 4. The van der Waals surface area contributed by atoms with Crippen molar-refractivity contribution in [2.45, 2.75) is 32.2 Å². The summed E-state index contributed by atoms with van der Waals surface area (Å²) in [6, 6.07) is 7.62. The molecule has 5 heteroatoms. The molecule has 0 unspecified atom stereocenters. The van der Waals surface area contributed by atoms with Crippen LogP contribution >= 0.6 is 11.6 Å². The molecule has 2 rings (SSSR count). The average molecular weight is 266 g/mol. The highest BCUT2D eigenvalue weighted by Crippen LogP contribution is 2.14. The SMILES string of the molecule is CC(C)(N)Cc1nc(Cc2cccc(Cl)c2)no1. The summed E-state index contributed by atoms with van der Waals surface area (Å²) < 4.78 is 5.17. The summed E-state index contributed by atoms with van der Waals surface area (Å²) in [4.78, 5) is 4.32. The number of rotatable bonds is 4. The van der Waals surface area contributed by atoms with Crippen LogP contribution in [-0.2, 0) is 12.8 Å². The molecule has 1 heterocycles. The van der Waals surface area contributed by atoms with E-state index >= 15 is 0 Å². The Morgan fingerprint density at radius 1 is 1.39 bits per heavy atom. The Morgan fingerprint density at radius 3 is 2.83 bits per heavy atom. The van der Waals surface area contributed by atoms with Gasteiger partial charge in [0, 0.05) is 23.4 Å². The van der Waals surface area contributed by atoms with Crippen molar-refractivity contribution in [2.24, 2.45) is 5.73 Å². The maximum atomic E-state index is 5.92. The quantitative estimate of drug-likeness (QED) is 0.923. The van der Waals surface area contributed by atoms with Crippen LogP contribution in [0.1, 0.15) is 31.1 Å².